The maximum absolute atomic E-state index is 11.5. The molecule has 0 saturated heterocycles. The molecule has 15 heavy (non-hydrogen) atoms. The van der Waals surface area contributed by atoms with Crippen LogP contribution in [0, 0.1) is 0 Å². The van der Waals surface area contributed by atoms with Crippen LogP contribution in [-0.4, -0.2) is 36.5 Å². The summed E-state index contributed by atoms with van der Waals surface area (Å²) >= 11 is -0.0669. The van der Waals surface area contributed by atoms with Crippen LogP contribution in [0.3, 0.4) is 0 Å². The van der Waals surface area contributed by atoms with Crippen LogP contribution in [0.1, 0.15) is 17.4 Å². The van der Waals surface area contributed by atoms with Crippen molar-refractivity contribution in [3.63, 3.8) is 0 Å². The van der Waals surface area contributed by atoms with E-state index in [1.165, 1.54) is 16.7 Å². The molecule has 0 aliphatic heterocycles. The van der Waals surface area contributed by atoms with Crippen LogP contribution in [0.15, 0.2) is 22.0 Å². The fourth-order valence-electron chi connectivity index (χ4n) is 1.20. The van der Waals surface area contributed by atoms with E-state index in [9.17, 15) is 9.59 Å². The average Bonchev–Trinajstić information content (AvgIpc) is 2.63. The van der Waals surface area contributed by atoms with Gasteiger partial charge < -0.3 is 0 Å². The first-order valence-corrected chi connectivity index (χ1v) is 6.21. The molecule has 2 aromatic heterocycles. The van der Waals surface area contributed by atoms with E-state index in [1.807, 2.05) is 0 Å². The number of nitrogens with zero attached hydrogens (tertiary/aromatic N) is 2. The minimum atomic E-state index is -0.465. The second-order valence-corrected chi connectivity index (χ2v) is 4.50. The summed E-state index contributed by atoms with van der Waals surface area (Å²) in [5, 5.41) is 0. The quantitative estimate of drug-likeness (QED) is 0.566. The summed E-state index contributed by atoms with van der Waals surface area (Å²) in [6, 6.07) is 1.33. The van der Waals surface area contributed by atoms with Gasteiger partial charge in [0.2, 0.25) is 0 Å². The number of carbonyl (C=O) groups is 1. The Morgan fingerprint density at radius 1 is 1.67 bits per heavy atom. The fourth-order valence-corrected chi connectivity index (χ4v) is 2.95. The fraction of sp³-hybridized carbons (Fsp3) is 0.222. The number of rotatable bonds is 2. The van der Waals surface area contributed by atoms with Gasteiger partial charge in [0.15, 0.2) is 0 Å². The van der Waals surface area contributed by atoms with E-state index in [-0.39, 0.29) is 20.1 Å². The molecule has 0 radical (unpaired) electrons. The Hall–Kier alpha value is -1.39. The summed E-state index contributed by atoms with van der Waals surface area (Å²) < 4.78 is 6.81. The molecule has 0 bridgehead atoms. The molecular weight excluding hydrogens is 263 g/mol. The van der Waals surface area contributed by atoms with Crippen LogP contribution in [0.25, 0.3) is 4.52 Å². The van der Waals surface area contributed by atoms with Gasteiger partial charge in [-0.25, -0.2) is 0 Å². The number of aromatic nitrogens is 2. The molecule has 0 aliphatic rings. The van der Waals surface area contributed by atoms with Crippen molar-refractivity contribution in [3.8, 4) is 0 Å². The van der Waals surface area contributed by atoms with Crippen LogP contribution in [0.5, 0.6) is 0 Å². The Labute approximate surface area is 91.1 Å². The van der Waals surface area contributed by atoms with Crippen LogP contribution in [0.2, 0.25) is 0 Å². The SMILES string of the molecule is CCOC(=O)c1c[se]c2nccc(=O)n12. The molecule has 0 atom stereocenters. The van der Waals surface area contributed by atoms with Crippen molar-refractivity contribution < 1.29 is 9.53 Å². The summed E-state index contributed by atoms with van der Waals surface area (Å²) in [5.74, 6) is -0.465. The van der Waals surface area contributed by atoms with Crippen molar-refractivity contribution >= 4 is 25.0 Å². The number of esters is 1. The molecule has 0 aliphatic carbocycles. The molecule has 0 aromatic carbocycles. The van der Waals surface area contributed by atoms with Crippen LogP contribution in [0.4, 0.5) is 0 Å². The van der Waals surface area contributed by atoms with Gasteiger partial charge >= 0.3 is 90.7 Å². The number of fused-ring (bicyclic) bond motifs is 1. The molecule has 0 unspecified atom stereocenters. The van der Waals surface area contributed by atoms with Crippen molar-refractivity contribution in [2.24, 2.45) is 0 Å². The van der Waals surface area contributed by atoms with Gasteiger partial charge in [-0.15, -0.1) is 0 Å². The topological polar surface area (TPSA) is 60.7 Å². The predicted octanol–water partition coefficient (Wildman–Crippen LogP) is -0.0718. The zero-order chi connectivity index (χ0) is 10.8. The molecule has 5 nitrogen and oxygen atoms in total. The third-order valence-corrected chi connectivity index (χ3v) is 3.58. The van der Waals surface area contributed by atoms with Gasteiger partial charge in [0, 0.05) is 0 Å². The zero-order valence-corrected chi connectivity index (χ0v) is 9.68. The zero-order valence-electron chi connectivity index (χ0n) is 7.97. The molecule has 2 rings (SSSR count). The van der Waals surface area contributed by atoms with E-state index >= 15 is 0 Å². The summed E-state index contributed by atoms with van der Waals surface area (Å²) in [6.45, 7) is 2.03. The Morgan fingerprint density at radius 2 is 2.47 bits per heavy atom. The van der Waals surface area contributed by atoms with Gasteiger partial charge in [0.05, 0.1) is 0 Å². The minimum absolute atomic E-state index is 0.0669. The maximum atomic E-state index is 11.5. The second-order valence-electron chi connectivity index (χ2n) is 2.74. The van der Waals surface area contributed by atoms with E-state index in [1.54, 1.807) is 11.9 Å². The summed E-state index contributed by atoms with van der Waals surface area (Å²) in [4.78, 5) is 28.8. The number of ether oxygens (including phenoxy) is 1. The number of carbonyl (C=O) groups excluding carboxylic acids is 1. The Morgan fingerprint density at radius 3 is 3.20 bits per heavy atom. The van der Waals surface area contributed by atoms with Crippen molar-refractivity contribution in [3.05, 3.63) is 33.3 Å². The van der Waals surface area contributed by atoms with E-state index in [0.29, 0.717) is 16.8 Å². The van der Waals surface area contributed by atoms with Crippen molar-refractivity contribution in [1.29, 1.82) is 0 Å². The third-order valence-electron chi connectivity index (χ3n) is 1.82. The summed E-state index contributed by atoms with van der Waals surface area (Å²) in [5.41, 5.74) is 0.0589. The molecule has 6 heteroatoms. The van der Waals surface area contributed by atoms with Gasteiger partial charge in [0.1, 0.15) is 0 Å². The first-order valence-electron chi connectivity index (χ1n) is 4.36. The summed E-state index contributed by atoms with van der Waals surface area (Å²) in [6.07, 6.45) is 1.46. The first kappa shape index (κ1) is 10.1. The summed E-state index contributed by atoms with van der Waals surface area (Å²) in [7, 11) is 0. The standard InChI is InChI=1S/C9H8N2O3Se/c1-2-14-8(13)6-5-15-9-10-4-3-7(12)11(6)9/h3-5H,2H2,1H3. The van der Waals surface area contributed by atoms with Gasteiger partial charge in [-0.05, 0) is 0 Å². The molecule has 0 spiro atoms. The van der Waals surface area contributed by atoms with Crippen molar-refractivity contribution in [1.82, 2.24) is 9.38 Å². The van der Waals surface area contributed by atoms with E-state index < -0.39 is 5.97 Å². The molecule has 0 fully saturated rings. The molecule has 2 heterocycles. The molecular formula is C9H8N2O3Se. The average molecular weight is 271 g/mol. The molecule has 0 saturated carbocycles. The predicted molar refractivity (Wildman–Crippen MR) is 54.4 cm³/mol. The van der Waals surface area contributed by atoms with Gasteiger partial charge in [-0.2, -0.15) is 0 Å². The molecule has 0 N–H and O–H groups in total. The molecule has 78 valence electrons. The number of hydrogen-bond donors (Lipinski definition) is 0. The second kappa shape index (κ2) is 4.00. The molecule has 2 aromatic rings. The van der Waals surface area contributed by atoms with Crippen LogP contribution in [-0.2, 0) is 4.74 Å². The van der Waals surface area contributed by atoms with Gasteiger partial charge in [-0.3, -0.25) is 0 Å². The van der Waals surface area contributed by atoms with Crippen molar-refractivity contribution in [2.75, 3.05) is 6.61 Å². The van der Waals surface area contributed by atoms with E-state index in [4.69, 9.17) is 4.74 Å². The van der Waals surface area contributed by atoms with Crippen LogP contribution >= 0.6 is 0 Å². The monoisotopic (exact) mass is 272 g/mol. The Kier molecular flexibility index (Phi) is 2.70. The first-order chi connectivity index (χ1) is 7.24. The van der Waals surface area contributed by atoms with E-state index in [0.717, 1.165) is 0 Å². The number of hydrogen-bond acceptors (Lipinski definition) is 4. The third kappa shape index (κ3) is 1.73. The van der Waals surface area contributed by atoms with Crippen LogP contribution < -0.4 is 5.56 Å². The Balaban J connectivity index is 2.62. The molecule has 0 amide bonds. The van der Waals surface area contributed by atoms with Gasteiger partial charge in [-0.1, -0.05) is 0 Å². The van der Waals surface area contributed by atoms with Gasteiger partial charge in [0.25, 0.3) is 0 Å². The van der Waals surface area contributed by atoms with Crippen molar-refractivity contribution in [2.45, 2.75) is 6.92 Å². The van der Waals surface area contributed by atoms with E-state index in [2.05, 4.69) is 4.98 Å². The Bertz CT molecular complexity index is 558. The normalized spacial score (nSPS) is 10.5.